The number of halogens is 1. The minimum atomic E-state index is 0.0139. The van der Waals surface area contributed by atoms with E-state index in [0.717, 1.165) is 35.3 Å². The number of rotatable bonds is 2. The van der Waals surface area contributed by atoms with Crippen LogP contribution in [0.3, 0.4) is 0 Å². The van der Waals surface area contributed by atoms with E-state index in [-0.39, 0.29) is 11.2 Å². The van der Waals surface area contributed by atoms with Gasteiger partial charge in [0.15, 0.2) is 0 Å². The fraction of sp³-hybridized carbons (Fsp3) is 0.385. The highest BCUT2D eigenvalue weighted by atomic mass is 35.5. The first kappa shape index (κ1) is 13.3. The molecule has 6 heteroatoms. The zero-order valence-corrected chi connectivity index (χ0v) is 12.6. The second kappa shape index (κ2) is 5.77. The lowest BCUT2D eigenvalue weighted by Gasteiger charge is -2.16. The van der Waals surface area contributed by atoms with Gasteiger partial charge in [0.05, 0.1) is 11.8 Å². The fourth-order valence-corrected chi connectivity index (χ4v) is 4.55. The number of carbonyl (C=O) groups is 1. The number of anilines is 1. The molecule has 0 spiro atoms. The van der Waals surface area contributed by atoms with E-state index in [4.69, 9.17) is 11.6 Å². The van der Waals surface area contributed by atoms with Crippen molar-refractivity contribution in [3.8, 4) is 0 Å². The van der Waals surface area contributed by atoms with Crippen molar-refractivity contribution in [2.45, 2.75) is 11.7 Å². The summed E-state index contributed by atoms with van der Waals surface area (Å²) in [5.74, 6) is 1.23. The van der Waals surface area contributed by atoms with E-state index in [2.05, 4.69) is 4.99 Å². The van der Waals surface area contributed by atoms with Crippen molar-refractivity contribution in [1.82, 2.24) is 0 Å². The van der Waals surface area contributed by atoms with Crippen molar-refractivity contribution in [3.05, 3.63) is 29.3 Å². The number of nitrogens with zero attached hydrogens (tertiary/aromatic N) is 2. The molecular formula is C13H13ClN2OS2. The number of benzene rings is 1. The van der Waals surface area contributed by atoms with E-state index in [9.17, 15) is 4.79 Å². The number of hydrogen-bond donors (Lipinski definition) is 0. The van der Waals surface area contributed by atoms with Gasteiger partial charge in [-0.1, -0.05) is 35.1 Å². The summed E-state index contributed by atoms with van der Waals surface area (Å²) < 4.78 is 1.07. The Kier molecular flexibility index (Phi) is 4.05. The maximum absolute atomic E-state index is 12.4. The van der Waals surface area contributed by atoms with Gasteiger partial charge in [-0.3, -0.25) is 9.79 Å². The molecule has 0 saturated carbocycles. The van der Waals surface area contributed by atoms with Gasteiger partial charge in [0.25, 0.3) is 0 Å². The van der Waals surface area contributed by atoms with Gasteiger partial charge in [-0.25, -0.2) is 0 Å². The lowest BCUT2D eigenvalue weighted by Crippen LogP contribution is -2.28. The van der Waals surface area contributed by atoms with Crippen LogP contribution in [0.1, 0.15) is 6.42 Å². The SMILES string of the molecule is O=C1C(SC2=NCCS2)CCN1c1ccc(Cl)cc1. The Hall–Kier alpha value is -0.650. The highest BCUT2D eigenvalue weighted by Crippen LogP contribution is 2.33. The van der Waals surface area contributed by atoms with Crippen molar-refractivity contribution in [2.75, 3.05) is 23.7 Å². The highest BCUT2D eigenvalue weighted by Gasteiger charge is 2.34. The molecule has 2 aliphatic heterocycles. The normalized spacial score (nSPS) is 23.0. The average molecular weight is 313 g/mol. The number of carbonyl (C=O) groups excluding carboxylic acids is 1. The van der Waals surface area contributed by atoms with Gasteiger partial charge >= 0.3 is 0 Å². The molecule has 1 amide bonds. The zero-order valence-electron chi connectivity index (χ0n) is 10.2. The van der Waals surface area contributed by atoms with E-state index >= 15 is 0 Å². The Bertz CT molecular complexity index is 518. The van der Waals surface area contributed by atoms with E-state index in [0.29, 0.717) is 5.02 Å². The maximum atomic E-state index is 12.4. The van der Waals surface area contributed by atoms with Crippen molar-refractivity contribution < 1.29 is 4.79 Å². The summed E-state index contributed by atoms with van der Waals surface area (Å²) in [4.78, 5) is 18.6. The molecule has 19 heavy (non-hydrogen) atoms. The predicted molar refractivity (Wildman–Crippen MR) is 84.6 cm³/mol. The second-order valence-electron chi connectivity index (χ2n) is 4.36. The molecule has 1 atom stereocenters. The topological polar surface area (TPSA) is 32.7 Å². The van der Waals surface area contributed by atoms with Crippen LogP contribution in [0.2, 0.25) is 5.02 Å². The molecule has 1 aromatic rings. The molecule has 0 bridgehead atoms. The molecule has 2 heterocycles. The molecule has 3 nitrogen and oxygen atoms in total. The van der Waals surface area contributed by atoms with Crippen LogP contribution in [0.15, 0.2) is 29.3 Å². The van der Waals surface area contributed by atoms with Gasteiger partial charge in [-0.2, -0.15) is 0 Å². The number of hydrogen-bond acceptors (Lipinski definition) is 4. The van der Waals surface area contributed by atoms with Crippen LogP contribution in [0.5, 0.6) is 0 Å². The first-order valence-electron chi connectivity index (χ1n) is 6.15. The Labute approximate surface area is 125 Å². The van der Waals surface area contributed by atoms with Crippen LogP contribution < -0.4 is 4.90 Å². The van der Waals surface area contributed by atoms with E-state index in [1.54, 1.807) is 23.5 Å². The van der Waals surface area contributed by atoms with Crippen LogP contribution >= 0.6 is 35.1 Å². The molecule has 0 aliphatic carbocycles. The third kappa shape index (κ3) is 2.93. The quantitative estimate of drug-likeness (QED) is 0.840. The van der Waals surface area contributed by atoms with Crippen LogP contribution in [0, 0.1) is 0 Å². The zero-order chi connectivity index (χ0) is 13.2. The van der Waals surface area contributed by atoms with Gasteiger partial charge in [0, 0.05) is 23.0 Å². The van der Waals surface area contributed by atoms with Gasteiger partial charge in [0.2, 0.25) is 5.91 Å². The van der Waals surface area contributed by atoms with Gasteiger partial charge in [0.1, 0.15) is 4.38 Å². The largest absolute Gasteiger partial charge is 0.311 e. The summed E-state index contributed by atoms with van der Waals surface area (Å²) in [5, 5.41) is 0.707. The summed E-state index contributed by atoms with van der Waals surface area (Å²) in [6, 6.07) is 7.44. The van der Waals surface area contributed by atoms with Crippen molar-refractivity contribution in [2.24, 2.45) is 4.99 Å². The maximum Gasteiger partial charge on any atom is 0.240 e. The molecule has 1 saturated heterocycles. The van der Waals surface area contributed by atoms with Crippen LogP contribution in [-0.4, -0.2) is 34.4 Å². The number of thioether (sulfide) groups is 2. The lowest BCUT2D eigenvalue weighted by atomic mass is 10.3. The van der Waals surface area contributed by atoms with E-state index < -0.39 is 0 Å². The summed E-state index contributed by atoms with van der Waals surface area (Å²) in [5.41, 5.74) is 0.929. The van der Waals surface area contributed by atoms with Crippen molar-refractivity contribution in [1.29, 1.82) is 0 Å². The Morgan fingerprint density at radius 2 is 2.16 bits per heavy atom. The summed E-state index contributed by atoms with van der Waals surface area (Å²) in [6.45, 7) is 1.66. The number of amides is 1. The van der Waals surface area contributed by atoms with Crippen LogP contribution in [0.25, 0.3) is 0 Å². The molecule has 0 radical (unpaired) electrons. The van der Waals surface area contributed by atoms with Crippen molar-refractivity contribution >= 4 is 51.1 Å². The fourth-order valence-electron chi connectivity index (χ4n) is 2.15. The third-order valence-corrected chi connectivity index (χ3v) is 5.81. The molecule has 1 fully saturated rings. The monoisotopic (exact) mass is 312 g/mol. The molecule has 0 aromatic heterocycles. The summed E-state index contributed by atoms with van der Waals surface area (Å²) >= 11 is 9.25. The van der Waals surface area contributed by atoms with Crippen LogP contribution in [0.4, 0.5) is 5.69 Å². The molecule has 0 N–H and O–H groups in total. The first-order chi connectivity index (χ1) is 9.24. The summed E-state index contributed by atoms with van der Waals surface area (Å²) in [7, 11) is 0. The minimum absolute atomic E-state index is 0.0139. The Morgan fingerprint density at radius 3 is 2.84 bits per heavy atom. The molecule has 1 aromatic carbocycles. The van der Waals surface area contributed by atoms with E-state index in [1.807, 2.05) is 29.2 Å². The van der Waals surface area contributed by atoms with Crippen molar-refractivity contribution in [3.63, 3.8) is 0 Å². The Balaban J connectivity index is 1.69. The van der Waals surface area contributed by atoms with E-state index in [1.165, 1.54) is 0 Å². The Morgan fingerprint density at radius 1 is 1.37 bits per heavy atom. The molecule has 1 unspecified atom stereocenters. The van der Waals surface area contributed by atoms with Gasteiger partial charge < -0.3 is 4.90 Å². The standard InChI is InChI=1S/C13H13ClN2OS2/c14-9-1-3-10(4-2-9)16-7-5-11(12(16)17)19-13-15-6-8-18-13/h1-4,11H,5-8H2. The number of aliphatic imine (C=N–C) groups is 1. The molecule has 100 valence electrons. The predicted octanol–water partition coefficient (Wildman–Crippen LogP) is 3.28. The lowest BCUT2D eigenvalue weighted by molar-refractivity contribution is -0.116. The average Bonchev–Trinajstić information content (AvgIpc) is 3.03. The van der Waals surface area contributed by atoms with Crippen LogP contribution in [-0.2, 0) is 4.79 Å². The minimum Gasteiger partial charge on any atom is -0.311 e. The smallest absolute Gasteiger partial charge is 0.240 e. The summed E-state index contributed by atoms with van der Waals surface area (Å²) in [6.07, 6.45) is 0.881. The van der Waals surface area contributed by atoms with Gasteiger partial charge in [-0.15, -0.1) is 0 Å². The third-order valence-electron chi connectivity index (χ3n) is 3.10. The molecular weight excluding hydrogens is 300 g/mol. The second-order valence-corrected chi connectivity index (χ2v) is 7.33. The highest BCUT2D eigenvalue weighted by molar-refractivity contribution is 8.39. The van der Waals surface area contributed by atoms with Gasteiger partial charge in [-0.05, 0) is 30.7 Å². The molecule has 2 aliphatic rings. The molecule has 3 rings (SSSR count). The first-order valence-corrected chi connectivity index (χ1v) is 8.39.